The zero-order chi connectivity index (χ0) is 17.4. The zero-order valence-corrected chi connectivity index (χ0v) is 14.2. The average Bonchev–Trinajstić information content (AvgIpc) is 3.02. The van der Waals surface area contributed by atoms with Crippen LogP contribution in [0.2, 0.25) is 0 Å². The van der Waals surface area contributed by atoms with Crippen molar-refractivity contribution in [2.45, 2.75) is 38.9 Å². The summed E-state index contributed by atoms with van der Waals surface area (Å²) < 4.78 is 7.11. The number of fused-ring (bicyclic) bond motifs is 1. The van der Waals surface area contributed by atoms with Crippen molar-refractivity contribution in [2.75, 3.05) is 6.54 Å². The summed E-state index contributed by atoms with van der Waals surface area (Å²) in [4.78, 5) is 26.8. The third kappa shape index (κ3) is 3.31. The van der Waals surface area contributed by atoms with Gasteiger partial charge in [0.05, 0.1) is 37.5 Å². The van der Waals surface area contributed by atoms with Crippen LogP contribution in [-0.2, 0) is 22.7 Å². The van der Waals surface area contributed by atoms with Gasteiger partial charge in [0.15, 0.2) is 0 Å². The second-order valence-corrected chi connectivity index (χ2v) is 7.02. The van der Waals surface area contributed by atoms with E-state index >= 15 is 0 Å². The second-order valence-electron chi connectivity index (χ2n) is 7.02. The fourth-order valence-corrected chi connectivity index (χ4v) is 3.49. The Morgan fingerprint density at radius 2 is 2.24 bits per heavy atom. The molecule has 2 aliphatic rings. The van der Waals surface area contributed by atoms with Gasteiger partial charge in [-0.05, 0) is 30.5 Å². The summed E-state index contributed by atoms with van der Waals surface area (Å²) in [6, 6.07) is 5.40. The molecule has 25 heavy (non-hydrogen) atoms. The van der Waals surface area contributed by atoms with E-state index in [1.54, 1.807) is 18.5 Å². The lowest BCUT2D eigenvalue weighted by Gasteiger charge is -2.34. The van der Waals surface area contributed by atoms with Crippen LogP contribution in [0, 0.1) is 11.8 Å². The van der Waals surface area contributed by atoms with Crippen molar-refractivity contribution in [2.24, 2.45) is 11.8 Å². The van der Waals surface area contributed by atoms with Crippen LogP contribution < -0.4 is 5.32 Å². The SMILES string of the molecule is C[C@@H]1C[C@@H]1C(=O)N1Cc2ccnn2[C@H](CC(=O)NCc2ccco2)C1. The van der Waals surface area contributed by atoms with Gasteiger partial charge in [-0.2, -0.15) is 5.10 Å². The highest BCUT2D eigenvalue weighted by Gasteiger charge is 2.43. The number of carbonyl (C=O) groups excluding carboxylic acids is 2. The summed E-state index contributed by atoms with van der Waals surface area (Å²) in [6.45, 7) is 3.58. The van der Waals surface area contributed by atoms with Crippen LogP contribution in [0.3, 0.4) is 0 Å². The zero-order valence-electron chi connectivity index (χ0n) is 14.2. The minimum Gasteiger partial charge on any atom is -0.467 e. The van der Waals surface area contributed by atoms with E-state index in [9.17, 15) is 9.59 Å². The monoisotopic (exact) mass is 342 g/mol. The Morgan fingerprint density at radius 1 is 1.40 bits per heavy atom. The van der Waals surface area contributed by atoms with Gasteiger partial charge >= 0.3 is 0 Å². The maximum atomic E-state index is 12.6. The van der Waals surface area contributed by atoms with E-state index in [0.29, 0.717) is 32.0 Å². The molecule has 3 atom stereocenters. The molecule has 2 amide bonds. The fraction of sp³-hybridized carbons (Fsp3) is 0.500. The van der Waals surface area contributed by atoms with E-state index in [1.807, 2.05) is 21.7 Å². The Hall–Kier alpha value is -2.57. The van der Waals surface area contributed by atoms with Gasteiger partial charge in [-0.3, -0.25) is 14.3 Å². The molecule has 132 valence electrons. The molecular formula is C18H22N4O3. The molecule has 7 nitrogen and oxygen atoms in total. The van der Waals surface area contributed by atoms with Gasteiger partial charge in [0, 0.05) is 18.7 Å². The summed E-state index contributed by atoms with van der Waals surface area (Å²) in [5, 5.41) is 7.22. The van der Waals surface area contributed by atoms with Crippen molar-refractivity contribution in [1.29, 1.82) is 0 Å². The number of hydrogen-bond donors (Lipinski definition) is 1. The number of aromatic nitrogens is 2. The highest BCUT2D eigenvalue weighted by atomic mass is 16.3. The largest absolute Gasteiger partial charge is 0.467 e. The van der Waals surface area contributed by atoms with Gasteiger partial charge in [-0.25, -0.2) is 0 Å². The van der Waals surface area contributed by atoms with E-state index in [4.69, 9.17) is 4.42 Å². The van der Waals surface area contributed by atoms with Crippen molar-refractivity contribution < 1.29 is 14.0 Å². The second kappa shape index (κ2) is 6.38. The van der Waals surface area contributed by atoms with Gasteiger partial charge < -0.3 is 14.6 Å². The van der Waals surface area contributed by atoms with E-state index in [0.717, 1.165) is 17.9 Å². The van der Waals surface area contributed by atoms with Crippen molar-refractivity contribution in [3.63, 3.8) is 0 Å². The van der Waals surface area contributed by atoms with Crippen molar-refractivity contribution in [3.8, 4) is 0 Å². The van der Waals surface area contributed by atoms with Crippen LogP contribution in [0.5, 0.6) is 0 Å². The molecule has 2 aromatic rings. The fourth-order valence-electron chi connectivity index (χ4n) is 3.49. The van der Waals surface area contributed by atoms with E-state index in [1.165, 1.54) is 0 Å². The lowest BCUT2D eigenvalue weighted by Crippen LogP contribution is -2.43. The highest BCUT2D eigenvalue weighted by molar-refractivity contribution is 5.82. The summed E-state index contributed by atoms with van der Waals surface area (Å²) in [6.07, 6.45) is 4.58. The van der Waals surface area contributed by atoms with Gasteiger partial charge in [0.25, 0.3) is 0 Å². The molecule has 0 radical (unpaired) electrons. The summed E-state index contributed by atoms with van der Waals surface area (Å²) in [7, 11) is 0. The summed E-state index contributed by atoms with van der Waals surface area (Å²) in [5.74, 6) is 1.49. The number of nitrogens with one attached hydrogen (secondary N) is 1. The van der Waals surface area contributed by atoms with Crippen LogP contribution in [-0.4, -0.2) is 33.0 Å². The molecular weight excluding hydrogens is 320 g/mol. The summed E-state index contributed by atoms with van der Waals surface area (Å²) >= 11 is 0. The van der Waals surface area contributed by atoms with Crippen LogP contribution >= 0.6 is 0 Å². The molecule has 0 bridgehead atoms. The standard InChI is InChI=1S/C18H22N4O3/c1-12-7-16(12)18(24)21-10-13-4-5-20-22(13)14(11-21)8-17(23)19-9-15-3-2-6-25-15/h2-6,12,14,16H,7-11H2,1H3,(H,19,23)/t12-,14-,16+/m1/s1. The maximum Gasteiger partial charge on any atom is 0.226 e. The number of carbonyl (C=O) groups is 2. The predicted molar refractivity (Wildman–Crippen MR) is 89.1 cm³/mol. The molecule has 1 N–H and O–H groups in total. The first-order valence-corrected chi connectivity index (χ1v) is 8.72. The Balaban J connectivity index is 1.41. The molecule has 1 aliphatic heterocycles. The van der Waals surface area contributed by atoms with E-state index in [-0.39, 0.29) is 23.8 Å². The topological polar surface area (TPSA) is 80.4 Å². The quantitative estimate of drug-likeness (QED) is 0.897. The molecule has 1 aliphatic carbocycles. The molecule has 3 heterocycles. The number of furan rings is 1. The van der Waals surface area contributed by atoms with Crippen molar-refractivity contribution >= 4 is 11.8 Å². The lowest BCUT2D eigenvalue weighted by molar-refractivity contribution is -0.136. The number of hydrogen-bond acceptors (Lipinski definition) is 4. The Bertz CT molecular complexity index is 767. The first-order valence-electron chi connectivity index (χ1n) is 8.72. The van der Waals surface area contributed by atoms with E-state index < -0.39 is 0 Å². The van der Waals surface area contributed by atoms with E-state index in [2.05, 4.69) is 17.3 Å². The Labute approximate surface area is 146 Å². The highest BCUT2D eigenvalue weighted by Crippen LogP contribution is 2.40. The average molecular weight is 342 g/mol. The lowest BCUT2D eigenvalue weighted by atomic mass is 10.1. The Kier molecular flexibility index (Phi) is 4.07. The first kappa shape index (κ1) is 15.9. The molecule has 0 saturated heterocycles. The van der Waals surface area contributed by atoms with Crippen LogP contribution in [0.4, 0.5) is 0 Å². The number of nitrogens with zero attached hydrogens (tertiary/aromatic N) is 3. The van der Waals surface area contributed by atoms with Gasteiger partial charge in [-0.15, -0.1) is 0 Å². The third-order valence-electron chi connectivity index (χ3n) is 5.08. The molecule has 1 fully saturated rings. The predicted octanol–water partition coefficient (Wildman–Crippen LogP) is 1.72. The molecule has 4 rings (SSSR count). The normalized spacial score (nSPS) is 24.7. The minimum absolute atomic E-state index is 0.0723. The first-order chi connectivity index (χ1) is 12.1. The molecule has 0 unspecified atom stereocenters. The van der Waals surface area contributed by atoms with Gasteiger partial charge in [-0.1, -0.05) is 6.92 Å². The maximum absolute atomic E-state index is 12.6. The molecule has 7 heteroatoms. The summed E-state index contributed by atoms with van der Waals surface area (Å²) in [5.41, 5.74) is 0.983. The molecule has 2 aromatic heterocycles. The Morgan fingerprint density at radius 3 is 2.96 bits per heavy atom. The van der Waals surface area contributed by atoms with Gasteiger partial charge in [0.1, 0.15) is 5.76 Å². The molecule has 0 spiro atoms. The smallest absolute Gasteiger partial charge is 0.226 e. The van der Waals surface area contributed by atoms with Crippen LogP contribution in [0.15, 0.2) is 35.1 Å². The van der Waals surface area contributed by atoms with Crippen LogP contribution in [0.25, 0.3) is 0 Å². The van der Waals surface area contributed by atoms with Crippen molar-refractivity contribution in [3.05, 3.63) is 42.1 Å². The number of amides is 2. The molecule has 1 saturated carbocycles. The molecule has 0 aromatic carbocycles. The number of rotatable bonds is 5. The third-order valence-corrected chi connectivity index (χ3v) is 5.08. The van der Waals surface area contributed by atoms with Gasteiger partial charge in [0.2, 0.25) is 11.8 Å². The van der Waals surface area contributed by atoms with Crippen LogP contribution in [0.1, 0.15) is 37.3 Å². The van der Waals surface area contributed by atoms with Crippen molar-refractivity contribution in [1.82, 2.24) is 20.0 Å². The minimum atomic E-state index is -0.131.